The van der Waals surface area contributed by atoms with Crippen molar-refractivity contribution >= 4 is 29.9 Å². The molecule has 142 valence electrons. The Hall–Kier alpha value is -1.18. The van der Waals surface area contributed by atoms with Crippen molar-refractivity contribution in [3.8, 4) is 11.5 Å². The highest BCUT2D eigenvalue weighted by Gasteiger charge is 2.31. The molecule has 1 aromatic rings. The molecule has 5 nitrogen and oxygen atoms in total. The molecule has 0 amide bonds. The van der Waals surface area contributed by atoms with Crippen molar-refractivity contribution in [3.05, 3.63) is 23.8 Å². The van der Waals surface area contributed by atoms with Crippen molar-refractivity contribution in [1.82, 2.24) is 10.6 Å². The fourth-order valence-corrected chi connectivity index (χ4v) is 3.40. The summed E-state index contributed by atoms with van der Waals surface area (Å²) >= 11 is 0. The summed E-state index contributed by atoms with van der Waals surface area (Å²) in [5.74, 6) is 1.48. The number of phenolic OH excluding ortho intramolecular Hbond substituents is 1. The number of aliphatic imine (C=N–C) groups is 1. The van der Waals surface area contributed by atoms with Gasteiger partial charge in [0, 0.05) is 13.1 Å². The standard InChI is InChI=1S/C19H31N3O2.HI/c1-4-19(10-6-7-11-19)14-22-18(20-5-2)21-13-15-8-9-17(24-3)16(23)12-15;/h8-9,12,23H,4-7,10-11,13-14H2,1-3H3,(H2,20,21,22);1H. The first-order valence-corrected chi connectivity index (χ1v) is 9.00. The molecule has 25 heavy (non-hydrogen) atoms. The first kappa shape index (κ1) is 21.9. The monoisotopic (exact) mass is 461 g/mol. The van der Waals surface area contributed by atoms with E-state index in [0.29, 0.717) is 17.7 Å². The summed E-state index contributed by atoms with van der Waals surface area (Å²) in [6.07, 6.45) is 6.51. The zero-order valence-corrected chi connectivity index (χ0v) is 17.9. The van der Waals surface area contributed by atoms with E-state index < -0.39 is 0 Å². The summed E-state index contributed by atoms with van der Waals surface area (Å²) in [6.45, 7) is 6.69. The number of nitrogens with one attached hydrogen (secondary N) is 2. The van der Waals surface area contributed by atoms with Crippen LogP contribution in [0.1, 0.15) is 51.5 Å². The van der Waals surface area contributed by atoms with E-state index in [0.717, 1.165) is 24.6 Å². The number of ether oxygens (including phenoxy) is 1. The van der Waals surface area contributed by atoms with Crippen LogP contribution in [-0.2, 0) is 6.54 Å². The van der Waals surface area contributed by atoms with Gasteiger partial charge in [0.15, 0.2) is 17.5 Å². The maximum Gasteiger partial charge on any atom is 0.191 e. The second-order valence-electron chi connectivity index (χ2n) is 6.62. The Kier molecular flexibility index (Phi) is 9.38. The second-order valence-corrected chi connectivity index (χ2v) is 6.62. The summed E-state index contributed by atoms with van der Waals surface area (Å²) in [5, 5.41) is 16.7. The van der Waals surface area contributed by atoms with Crippen LogP contribution in [0.15, 0.2) is 23.2 Å². The summed E-state index contributed by atoms with van der Waals surface area (Å²) in [5.41, 5.74) is 1.38. The highest BCUT2D eigenvalue weighted by Crippen LogP contribution is 2.40. The van der Waals surface area contributed by atoms with E-state index in [2.05, 4.69) is 29.5 Å². The zero-order chi connectivity index (χ0) is 17.4. The van der Waals surface area contributed by atoms with Gasteiger partial charge in [0.1, 0.15) is 0 Å². The van der Waals surface area contributed by atoms with Gasteiger partial charge in [0.2, 0.25) is 0 Å². The van der Waals surface area contributed by atoms with E-state index in [1.54, 1.807) is 19.2 Å². The van der Waals surface area contributed by atoms with Crippen LogP contribution < -0.4 is 15.4 Å². The van der Waals surface area contributed by atoms with Crippen LogP contribution in [0.3, 0.4) is 0 Å². The Morgan fingerprint density at radius 2 is 1.96 bits per heavy atom. The molecule has 0 heterocycles. The van der Waals surface area contributed by atoms with Gasteiger partial charge in [-0.15, -0.1) is 24.0 Å². The lowest BCUT2D eigenvalue weighted by atomic mass is 9.83. The predicted molar refractivity (Wildman–Crippen MR) is 114 cm³/mol. The molecule has 1 aliphatic carbocycles. The van der Waals surface area contributed by atoms with Crippen LogP contribution in [0.4, 0.5) is 0 Å². The van der Waals surface area contributed by atoms with Gasteiger partial charge in [0.05, 0.1) is 13.7 Å². The molecular weight excluding hydrogens is 429 g/mol. The van der Waals surface area contributed by atoms with Crippen molar-refractivity contribution in [1.29, 1.82) is 0 Å². The molecule has 1 fully saturated rings. The lowest BCUT2D eigenvalue weighted by Crippen LogP contribution is -2.42. The average Bonchev–Trinajstić information content (AvgIpc) is 3.07. The minimum absolute atomic E-state index is 0. The summed E-state index contributed by atoms with van der Waals surface area (Å²) < 4.78 is 5.07. The Bertz CT molecular complexity index is 558. The molecule has 0 aromatic heterocycles. The number of nitrogens with zero attached hydrogens (tertiary/aromatic N) is 1. The van der Waals surface area contributed by atoms with E-state index in [9.17, 15) is 5.11 Å². The lowest BCUT2D eigenvalue weighted by molar-refractivity contribution is 0.283. The third-order valence-electron chi connectivity index (χ3n) is 5.05. The number of methoxy groups -OCH3 is 1. The molecule has 1 aliphatic rings. The molecule has 0 radical (unpaired) electrons. The van der Waals surface area contributed by atoms with Crippen LogP contribution in [0.5, 0.6) is 11.5 Å². The molecule has 0 spiro atoms. The third-order valence-corrected chi connectivity index (χ3v) is 5.05. The minimum atomic E-state index is 0. The number of halogens is 1. The van der Waals surface area contributed by atoms with E-state index in [-0.39, 0.29) is 29.7 Å². The molecule has 0 aliphatic heterocycles. The first-order valence-electron chi connectivity index (χ1n) is 9.00. The second kappa shape index (κ2) is 10.7. The number of aromatic hydroxyl groups is 1. The van der Waals surface area contributed by atoms with Gasteiger partial charge in [-0.3, -0.25) is 0 Å². The Balaban J connectivity index is 0.00000312. The smallest absolute Gasteiger partial charge is 0.191 e. The molecule has 0 bridgehead atoms. The molecule has 1 aromatic carbocycles. The van der Waals surface area contributed by atoms with E-state index in [4.69, 9.17) is 4.74 Å². The van der Waals surface area contributed by atoms with Crippen LogP contribution in [0, 0.1) is 5.41 Å². The Labute approximate surface area is 168 Å². The zero-order valence-electron chi connectivity index (χ0n) is 15.6. The van der Waals surface area contributed by atoms with Crippen LogP contribution >= 0.6 is 24.0 Å². The molecule has 0 unspecified atom stereocenters. The number of hydrogen-bond acceptors (Lipinski definition) is 3. The van der Waals surface area contributed by atoms with Gasteiger partial charge in [-0.25, -0.2) is 4.99 Å². The van der Waals surface area contributed by atoms with E-state index in [1.807, 2.05) is 6.07 Å². The van der Waals surface area contributed by atoms with Crippen LogP contribution in [0.25, 0.3) is 0 Å². The number of benzene rings is 1. The van der Waals surface area contributed by atoms with Gasteiger partial charge < -0.3 is 20.5 Å². The largest absolute Gasteiger partial charge is 0.504 e. The van der Waals surface area contributed by atoms with Crippen LogP contribution in [0.2, 0.25) is 0 Å². The molecule has 2 rings (SSSR count). The third kappa shape index (κ3) is 6.24. The Morgan fingerprint density at radius 1 is 1.24 bits per heavy atom. The Morgan fingerprint density at radius 3 is 2.52 bits per heavy atom. The quantitative estimate of drug-likeness (QED) is 0.326. The normalized spacial score (nSPS) is 16.2. The van der Waals surface area contributed by atoms with Crippen molar-refractivity contribution < 1.29 is 9.84 Å². The summed E-state index contributed by atoms with van der Waals surface area (Å²) in [7, 11) is 1.55. The SMILES string of the molecule is CCNC(=NCc1ccc(OC)c(O)c1)NCC1(CC)CCCC1.I. The van der Waals surface area contributed by atoms with Crippen LogP contribution in [-0.4, -0.2) is 31.3 Å². The average molecular weight is 461 g/mol. The maximum absolute atomic E-state index is 9.87. The molecular formula is C19H32IN3O2. The van der Waals surface area contributed by atoms with Gasteiger partial charge in [-0.1, -0.05) is 25.8 Å². The van der Waals surface area contributed by atoms with Gasteiger partial charge >= 0.3 is 0 Å². The van der Waals surface area contributed by atoms with Crippen molar-refractivity contribution in [2.45, 2.75) is 52.5 Å². The molecule has 3 N–H and O–H groups in total. The first-order chi connectivity index (χ1) is 11.6. The molecule has 0 atom stereocenters. The minimum Gasteiger partial charge on any atom is -0.504 e. The molecule has 0 saturated heterocycles. The fourth-order valence-electron chi connectivity index (χ4n) is 3.40. The van der Waals surface area contributed by atoms with E-state index in [1.165, 1.54) is 32.1 Å². The van der Waals surface area contributed by atoms with Gasteiger partial charge in [0.25, 0.3) is 0 Å². The van der Waals surface area contributed by atoms with Crippen molar-refractivity contribution in [3.63, 3.8) is 0 Å². The lowest BCUT2D eigenvalue weighted by Gasteiger charge is -2.28. The van der Waals surface area contributed by atoms with Crippen molar-refractivity contribution in [2.75, 3.05) is 20.2 Å². The number of guanidine groups is 1. The highest BCUT2D eigenvalue weighted by molar-refractivity contribution is 14.0. The van der Waals surface area contributed by atoms with Gasteiger partial charge in [-0.05, 0) is 49.3 Å². The van der Waals surface area contributed by atoms with Gasteiger partial charge in [-0.2, -0.15) is 0 Å². The van der Waals surface area contributed by atoms with E-state index >= 15 is 0 Å². The summed E-state index contributed by atoms with van der Waals surface area (Å²) in [4.78, 5) is 4.65. The molecule has 1 saturated carbocycles. The number of phenols is 1. The summed E-state index contributed by atoms with van der Waals surface area (Å²) in [6, 6.07) is 5.40. The topological polar surface area (TPSA) is 65.9 Å². The highest BCUT2D eigenvalue weighted by atomic mass is 127. The fraction of sp³-hybridized carbons (Fsp3) is 0.632. The maximum atomic E-state index is 9.87. The number of rotatable bonds is 7. The predicted octanol–water partition coefficient (Wildman–Crippen LogP) is 4.04. The molecule has 6 heteroatoms. The number of hydrogen-bond donors (Lipinski definition) is 3. The van der Waals surface area contributed by atoms with Crippen molar-refractivity contribution in [2.24, 2.45) is 10.4 Å².